The van der Waals surface area contributed by atoms with E-state index >= 15 is 0 Å². The summed E-state index contributed by atoms with van der Waals surface area (Å²) in [5, 5.41) is 3.44. The van der Waals surface area contributed by atoms with Gasteiger partial charge in [0.15, 0.2) is 0 Å². The van der Waals surface area contributed by atoms with E-state index in [1.807, 2.05) is 19.3 Å². The van der Waals surface area contributed by atoms with Crippen molar-refractivity contribution in [3.05, 3.63) is 65.0 Å². The number of rotatable bonds is 4. The largest absolute Gasteiger partial charge is 0.308 e. The highest BCUT2D eigenvalue weighted by molar-refractivity contribution is 5.38. The van der Waals surface area contributed by atoms with Crippen molar-refractivity contribution in [2.75, 3.05) is 7.05 Å². The van der Waals surface area contributed by atoms with Gasteiger partial charge >= 0.3 is 0 Å². The van der Waals surface area contributed by atoms with Gasteiger partial charge in [0.1, 0.15) is 0 Å². The van der Waals surface area contributed by atoms with Crippen LogP contribution in [0.2, 0.25) is 0 Å². The number of nitrogens with one attached hydrogen (secondary N) is 1. The Labute approximate surface area is 121 Å². The number of nitrogens with zero attached hydrogens (tertiary/aromatic N) is 1. The molecule has 1 saturated carbocycles. The topological polar surface area (TPSA) is 24.9 Å². The van der Waals surface area contributed by atoms with Crippen molar-refractivity contribution in [3.63, 3.8) is 0 Å². The fourth-order valence-corrected chi connectivity index (χ4v) is 3.04. The van der Waals surface area contributed by atoms with Crippen LogP contribution in [0.15, 0.2) is 42.6 Å². The standard InChI is InChI=1S/C18H22N2/c1-13-10-11-20-17(12-13)18(19-2)16-9-4-3-8-15(16)14-6-5-7-14/h3-4,8-12,14,18-19H,5-7H2,1-2H3. The van der Waals surface area contributed by atoms with Crippen molar-refractivity contribution >= 4 is 0 Å². The first-order valence-corrected chi connectivity index (χ1v) is 7.48. The third-order valence-corrected chi connectivity index (χ3v) is 4.37. The molecular weight excluding hydrogens is 244 g/mol. The lowest BCUT2D eigenvalue weighted by atomic mass is 9.77. The lowest BCUT2D eigenvalue weighted by Gasteiger charge is -2.30. The van der Waals surface area contributed by atoms with Crippen LogP contribution < -0.4 is 5.32 Å². The molecule has 104 valence electrons. The van der Waals surface area contributed by atoms with Gasteiger partial charge in [-0.3, -0.25) is 4.98 Å². The summed E-state index contributed by atoms with van der Waals surface area (Å²) in [5.41, 5.74) is 5.26. The second-order valence-corrected chi connectivity index (χ2v) is 5.74. The lowest BCUT2D eigenvalue weighted by molar-refractivity contribution is 0.414. The molecule has 1 unspecified atom stereocenters. The van der Waals surface area contributed by atoms with E-state index in [0.717, 1.165) is 11.6 Å². The third-order valence-electron chi connectivity index (χ3n) is 4.37. The van der Waals surface area contributed by atoms with Gasteiger partial charge in [0, 0.05) is 6.20 Å². The van der Waals surface area contributed by atoms with Crippen molar-refractivity contribution in [1.82, 2.24) is 10.3 Å². The average Bonchev–Trinajstić information content (AvgIpc) is 2.40. The molecule has 0 saturated heterocycles. The van der Waals surface area contributed by atoms with Crippen LogP contribution in [0.5, 0.6) is 0 Å². The van der Waals surface area contributed by atoms with E-state index in [9.17, 15) is 0 Å². The van der Waals surface area contributed by atoms with Crippen LogP contribution in [-0.2, 0) is 0 Å². The summed E-state index contributed by atoms with van der Waals surface area (Å²) in [4.78, 5) is 4.57. The second-order valence-electron chi connectivity index (χ2n) is 5.74. The minimum Gasteiger partial charge on any atom is -0.308 e. The molecular formula is C18H22N2. The summed E-state index contributed by atoms with van der Waals surface area (Å²) in [5.74, 6) is 0.742. The summed E-state index contributed by atoms with van der Waals surface area (Å²) < 4.78 is 0. The molecule has 2 nitrogen and oxygen atoms in total. The Balaban J connectivity index is 2.01. The van der Waals surface area contributed by atoms with Gasteiger partial charge in [-0.25, -0.2) is 0 Å². The SMILES string of the molecule is CNC(c1cc(C)ccn1)c1ccccc1C1CCC1. The first kappa shape index (κ1) is 13.3. The zero-order valence-corrected chi connectivity index (χ0v) is 12.3. The molecule has 1 aromatic heterocycles. The van der Waals surface area contributed by atoms with Crippen LogP contribution in [0.1, 0.15) is 53.6 Å². The normalized spacial score (nSPS) is 16.7. The summed E-state index contributed by atoms with van der Waals surface area (Å²) in [6, 6.07) is 13.3. The van der Waals surface area contributed by atoms with Crippen molar-refractivity contribution in [1.29, 1.82) is 0 Å². The van der Waals surface area contributed by atoms with Gasteiger partial charge in [0.2, 0.25) is 0 Å². The molecule has 1 aliphatic rings. The lowest BCUT2D eigenvalue weighted by Crippen LogP contribution is -2.22. The summed E-state index contributed by atoms with van der Waals surface area (Å²) in [6.07, 6.45) is 5.93. The smallest absolute Gasteiger partial charge is 0.0751 e. The molecule has 0 amide bonds. The van der Waals surface area contributed by atoms with Gasteiger partial charge in [-0.05, 0) is 61.6 Å². The molecule has 1 aliphatic carbocycles. The molecule has 1 atom stereocenters. The van der Waals surface area contributed by atoms with Gasteiger partial charge in [0.25, 0.3) is 0 Å². The Morgan fingerprint density at radius 1 is 1.20 bits per heavy atom. The zero-order chi connectivity index (χ0) is 13.9. The fourth-order valence-electron chi connectivity index (χ4n) is 3.04. The summed E-state index contributed by atoms with van der Waals surface area (Å²) in [7, 11) is 2.02. The summed E-state index contributed by atoms with van der Waals surface area (Å²) >= 11 is 0. The van der Waals surface area contributed by atoms with Crippen LogP contribution in [0, 0.1) is 6.92 Å². The molecule has 1 fully saturated rings. The maximum atomic E-state index is 4.57. The van der Waals surface area contributed by atoms with Crippen LogP contribution in [-0.4, -0.2) is 12.0 Å². The van der Waals surface area contributed by atoms with Gasteiger partial charge in [-0.2, -0.15) is 0 Å². The van der Waals surface area contributed by atoms with Crippen LogP contribution in [0.4, 0.5) is 0 Å². The van der Waals surface area contributed by atoms with Crippen LogP contribution >= 0.6 is 0 Å². The number of pyridine rings is 1. The van der Waals surface area contributed by atoms with E-state index in [2.05, 4.69) is 47.6 Å². The van der Waals surface area contributed by atoms with E-state index in [0.29, 0.717) is 0 Å². The van der Waals surface area contributed by atoms with E-state index in [4.69, 9.17) is 0 Å². The number of hydrogen-bond acceptors (Lipinski definition) is 2. The highest BCUT2D eigenvalue weighted by Gasteiger charge is 2.25. The quantitative estimate of drug-likeness (QED) is 0.906. The molecule has 2 aromatic rings. The Morgan fingerprint density at radius 3 is 2.65 bits per heavy atom. The molecule has 1 N–H and O–H groups in total. The second kappa shape index (κ2) is 5.76. The molecule has 1 aromatic carbocycles. The molecule has 0 radical (unpaired) electrons. The molecule has 3 rings (SSSR count). The van der Waals surface area contributed by atoms with Gasteiger partial charge in [-0.1, -0.05) is 30.7 Å². The maximum Gasteiger partial charge on any atom is 0.0751 e. The molecule has 1 heterocycles. The van der Waals surface area contributed by atoms with Crippen molar-refractivity contribution in [2.45, 2.75) is 38.1 Å². The third kappa shape index (κ3) is 2.48. The molecule has 20 heavy (non-hydrogen) atoms. The number of aryl methyl sites for hydroxylation is 1. The predicted octanol–water partition coefficient (Wildman–Crippen LogP) is 3.97. The van der Waals surface area contributed by atoms with Gasteiger partial charge in [0.05, 0.1) is 11.7 Å². The van der Waals surface area contributed by atoms with Crippen molar-refractivity contribution in [2.24, 2.45) is 0 Å². The Morgan fingerprint density at radius 2 is 2.00 bits per heavy atom. The van der Waals surface area contributed by atoms with E-state index in [1.165, 1.54) is 36.0 Å². The zero-order valence-electron chi connectivity index (χ0n) is 12.3. The Hall–Kier alpha value is -1.67. The first-order chi connectivity index (χ1) is 9.79. The van der Waals surface area contributed by atoms with Gasteiger partial charge < -0.3 is 5.32 Å². The van der Waals surface area contributed by atoms with Crippen molar-refractivity contribution < 1.29 is 0 Å². The Kier molecular flexibility index (Phi) is 3.83. The highest BCUT2D eigenvalue weighted by atomic mass is 14.9. The maximum absolute atomic E-state index is 4.57. The predicted molar refractivity (Wildman–Crippen MR) is 82.9 cm³/mol. The highest BCUT2D eigenvalue weighted by Crippen LogP contribution is 2.40. The minimum atomic E-state index is 0.187. The van der Waals surface area contributed by atoms with Crippen LogP contribution in [0.25, 0.3) is 0 Å². The Bertz CT molecular complexity index is 587. The number of aromatic nitrogens is 1. The fraction of sp³-hybridized carbons (Fsp3) is 0.389. The molecule has 2 heteroatoms. The van der Waals surface area contributed by atoms with E-state index < -0.39 is 0 Å². The van der Waals surface area contributed by atoms with E-state index in [-0.39, 0.29) is 6.04 Å². The average molecular weight is 266 g/mol. The first-order valence-electron chi connectivity index (χ1n) is 7.48. The summed E-state index contributed by atoms with van der Waals surface area (Å²) in [6.45, 7) is 2.12. The van der Waals surface area contributed by atoms with Crippen molar-refractivity contribution in [3.8, 4) is 0 Å². The van der Waals surface area contributed by atoms with Gasteiger partial charge in [-0.15, -0.1) is 0 Å². The molecule has 0 bridgehead atoms. The molecule has 0 aliphatic heterocycles. The number of benzene rings is 1. The monoisotopic (exact) mass is 266 g/mol. The molecule has 0 spiro atoms. The van der Waals surface area contributed by atoms with Crippen LogP contribution in [0.3, 0.4) is 0 Å². The number of hydrogen-bond donors (Lipinski definition) is 1. The van der Waals surface area contributed by atoms with E-state index in [1.54, 1.807) is 0 Å². The minimum absolute atomic E-state index is 0.187.